The van der Waals surface area contributed by atoms with E-state index in [9.17, 15) is 17.6 Å². The summed E-state index contributed by atoms with van der Waals surface area (Å²) in [6.07, 6.45) is -2.98. The van der Waals surface area contributed by atoms with Crippen LogP contribution in [0.1, 0.15) is 11.6 Å². The molecule has 1 aromatic carbocycles. The highest BCUT2D eigenvalue weighted by Crippen LogP contribution is 2.34. The van der Waals surface area contributed by atoms with Gasteiger partial charge in [-0.2, -0.15) is 4.39 Å². The molecular formula is C8H6BrF4NO. The van der Waals surface area contributed by atoms with Gasteiger partial charge in [0.2, 0.25) is 5.82 Å². The third-order valence-corrected chi connectivity index (χ3v) is 2.37. The van der Waals surface area contributed by atoms with Crippen molar-refractivity contribution in [1.29, 1.82) is 0 Å². The number of benzene rings is 1. The van der Waals surface area contributed by atoms with Gasteiger partial charge in [0, 0.05) is 5.56 Å². The highest BCUT2D eigenvalue weighted by molar-refractivity contribution is 9.10. The van der Waals surface area contributed by atoms with E-state index < -0.39 is 35.4 Å². The summed E-state index contributed by atoms with van der Waals surface area (Å²) in [6.45, 7) is 0. The Bertz CT molecular complexity index is 385. The van der Waals surface area contributed by atoms with E-state index in [0.29, 0.717) is 0 Å². The number of rotatable bonds is 2. The number of phenolic OH excluding ortho intramolecular Hbond substituents is 1. The maximum atomic E-state index is 12.9. The zero-order valence-electron chi connectivity index (χ0n) is 7.15. The van der Waals surface area contributed by atoms with E-state index in [4.69, 9.17) is 10.8 Å². The number of hydrogen-bond acceptors (Lipinski definition) is 2. The Labute approximate surface area is 90.8 Å². The average Bonchev–Trinajstić information content (AvgIpc) is 2.19. The first-order chi connectivity index (χ1) is 6.86. The minimum Gasteiger partial charge on any atom is -0.505 e. The van der Waals surface area contributed by atoms with Crippen molar-refractivity contribution in [2.45, 2.75) is 12.5 Å². The van der Waals surface area contributed by atoms with E-state index in [-0.39, 0.29) is 4.47 Å². The van der Waals surface area contributed by atoms with E-state index >= 15 is 0 Å². The second kappa shape index (κ2) is 4.36. The van der Waals surface area contributed by atoms with Crippen LogP contribution in [0.15, 0.2) is 10.5 Å². The molecule has 0 saturated carbocycles. The summed E-state index contributed by atoms with van der Waals surface area (Å²) in [7, 11) is 0. The predicted molar refractivity (Wildman–Crippen MR) is 48.7 cm³/mol. The van der Waals surface area contributed by atoms with Crippen molar-refractivity contribution in [2.24, 2.45) is 5.73 Å². The van der Waals surface area contributed by atoms with Crippen molar-refractivity contribution in [3.63, 3.8) is 0 Å². The lowest BCUT2D eigenvalue weighted by atomic mass is 10.1. The lowest BCUT2D eigenvalue weighted by Crippen LogP contribution is -2.19. The van der Waals surface area contributed by atoms with Crippen LogP contribution in [0.2, 0.25) is 0 Å². The van der Waals surface area contributed by atoms with Crippen molar-refractivity contribution >= 4 is 15.9 Å². The molecule has 84 valence electrons. The molecule has 0 fully saturated rings. The Kier molecular flexibility index (Phi) is 3.56. The largest absolute Gasteiger partial charge is 0.505 e. The van der Waals surface area contributed by atoms with Crippen LogP contribution in [0, 0.1) is 11.6 Å². The average molecular weight is 288 g/mol. The molecule has 0 saturated heterocycles. The van der Waals surface area contributed by atoms with Crippen LogP contribution in [0.5, 0.6) is 5.75 Å². The predicted octanol–water partition coefficient (Wildman–Crippen LogP) is 2.70. The lowest BCUT2D eigenvalue weighted by Gasteiger charge is -2.13. The molecule has 0 aliphatic rings. The van der Waals surface area contributed by atoms with Gasteiger partial charge in [-0.1, -0.05) is 0 Å². The van der Waals surface area contributed by atoms with Gasteiger partial charge >= 0.3 is 0 Å². The van der Waals surface area contributed by atoms with Crippen molar-refractivity contribution < 1.29 is 22.7 Å². The van der Waals surface area contributed by atoms with Crippen LogP contribution in [-0.4, -0.2) is 11.5 Å². The second-order valence-electron chi connectivity index (χ2n) is 2.78. The molecule has 1 atom stereocenters. The van der Waals surface area contributed by atoms with Crippen molar-refractivity contribution in [2.75, 3.05) is 0 Å². The van der Waals surface area contributed by atoms with E-state index in [1.54, 1.807) is 0 Å². The molecule has 0 bridgehead atoms. The molecule has 0 aliphatic heterocycles. The monoisotopic (exact) mass is 287 g/mol. The van der Waals surface area contributed by atoms with Gasteiger partial charge in [0.05, 0.1) is 10.5 Å². The minimum atomic E-state index is -2.98. The lowest BCUT2D eigenvalue weighted by molar-refractivity contribution is 0.114. The summed E-state index contributed by atoms with van der Waals surface area (Å²) in [4.78, 5) is 0. The van der Waals surface area contributed by atoms with Gasteiger partial charge < -0.3 is 10.8 Å². The molecular weight excluding hydrogens is 282 g/mol. The topological polar surface area (TPSA) is 46.2 Å². The fraction of sp³-hybridized carbons (Fsp3) is 0.250. The highest BCUT2D eigenvalue weighted by atomic mass is 79.9. The smallest absolute Gasteiger partial charge is 0.257 e. The maximum Gasteiger partial charge on any atom is 0.257 e. The molecule has 0 unspecified atom stereocenters. The molecule has 0 aliphatic carbocycles. The number of alkyl halides is 2. The van der Waals surface area contributed by atoms with E-state index in [0.717, 1.165) is 6.07 Å². The standard InChI is InChI=1S/C8H6BrF4NO/c9-3-1-2(6(14)8(12)13)7(15)5(11)4(3)10/h1,6,8,15H,14H2/t6-/m1/s1. The van der Waals surface area contributed by atoms with Crippen LogP contribution in [0.3, 0.4) is 0 Å². The van der Waals surface area contributed by atoms with Gasteiger partial charge in [-0.15, -0.1) is 0 Å². The number of aromatic hydroxyl groups is 1. The Hall–Kier alpha value is -0.820. The number of nitrogens with two attached hydrogens (primary N) is 1. The van der Waals surface area contributed by atoms with Gasteiger partial charge in [-0.05, 0) is 22.0 Å². The number of halogens is 5. The second-order valence-corrected chi connectivity index (χ2v) is 3.64. The van der Waals surface area contributed by atoms with E-state index in [2.05, 4.69) is 15.9 Å². The third kappa shape index (κ3) is 2.23. The summed E-state index contributed by atoms with van der Waals surface area (Å²) in [5, 5.41) is 9.07. The van der Waals surface area contributed by atoms with Gasteiger partial charge in [-0.3, -0.25) is 0 Å². The van der Waals surface area contributed by atoms with Crippen LogP contribution in [0.4, 0.5) is 17.6 Å². The molecule has 0 amide bonds. The fourth-order valence-corrected chi connectivity index (χ4v) is 1.41. The zero-order chi connectivity index (χ0) is 11.7. The maximum absolute atomic E-state index is 12.9. The minimum absolute atomic E-state index is 0.371. The molecule has 0 spiro atoms. The van der Waals surface area contributed by atoms with E-state index in [1.807, 2.05) is 0 Å². The molecule has 1 aromatic rings. The Morgan fingerprint density at radius 3 is 2.27 bits per heavy atom. The molecule has 15 heavy (non-hydrogen) atoms. The van der Waals surface area contributed by atoms with Crippen LogP contribution in [0.25, 0.3) is 0 Å². The van der Waals surface area contributed by atoms with Crippen molar-refractivity contribution in [3.05, 3.63) is 27.7 Å². The number of phenols is 1. The Morgan fingerprint density at radius 1 is 1.27 bits per heavy atom. The molecule has 0 heterocycles. The van der Waals surface area contributed by atoms with E-state index in [1.165, 1.54) is 0 Å². The van der Waals surface area contributed by atoms with Crippen molar-refractivity contribution in [3.8, 4) is 5.75 Å². The zero-order valence-corrected chi connectivity index (χ0v) is 8.73. The quantitative estimate of drug-likeness (QED) is 0.649. The van der Waals surface area contributed by atoms with Crippen LogP contribution < -0.4 is 5.73 Å². The summed E-state index contributed by atoms with van der Waals surface area (Å²) in [5.41, 5.74) is 4.46. The fourth-order valence-electron chi connectivity index (χ4n) is 0.994. The third-order valence-electron chi connectivity index (χ3n) is 1.80. The van der Waals surface area contributed by atoms with Crippen molar-refractivity contribution in [1.82, 2.24) is 0 Å². The summed E-state index contributed by atoms with van der Waals surface area (Å²) < 4.78 is 49.8. The first kappa shape index (κ1) is 12.3. The summed E-state index contributed by atoms with van der Waals surface area (Å²) in [5.74, 6) is -4.14. The first-order valence-corrected chi connectivity index (χ1v) is 4.55. The Balaban J connectivity index is 3.32. The van der Waals surface area contributed by atoms with Crippen LogP contribution >= 0.6 is 15.9 Å². The molecule has 1 rings (SSSR count). The Morgan fingerprint density at radius 2 is 1.80 bits per heavy atom. The molecule has 7 heteroatoms. The number of hydrogen-bond donors (Lipinski definition) is 2. The van der Waals surface area contributed by atoms with Gasteiger partial charge in [0.15, 0.2) is 11.6 Å². The summed E-state index contributed by atoms with van der Waals surface area (Å²) >= 11 is 2.62. The molecule has 0 aromatic heterocycles. The van der Waals surface area contributed by atoms with Gasteiger partial charge in [-0.25, -0.2) is 13.2 Å². The normalized spacial score (nSPS) is 13.3. The first-order valence-electron chi connectivity index (χ1n) is 3.76. The van der Waals surface area contributed by atoms with Gasteiger partial charge in [0.1, 0.15) is 0 Å². The molecule has 3 N–H and O–H groups in total. The summed E-state index contributed by atoms with van der Waals surface area (Å²) in [6, 6.07) is -1.04. The highest BCUT2D eigenvalue weighted by Gasteiger charge is 2.25. The SMILES string of the molecule is N[C@H](c1cc(Br)c(F)c(F)c1O)C(F)F. The molecule has 0 radical (unpaired) electrons. The van der Waals surface area contributed by atoms with Crippen LogP contribution in [-0.2, 0) is 0 Å². The van der Waals surface area contributed by atoms with Gasteiger partial charge in [0.25, 0.3) is 6.43 Å². The molecule has 2 nitrogen and oxygen atoms in total.